The van der Waals surface area contributed by atoms with Gasteiger partial charge in [-0.2, -0.15) is 0 Å². The van der Waals surface area contributed by atoms with Gasteiger partial charge in [0.25, 0.3) is 0 Å². The molecule has 0 saturated carbocycles. The van der Waals surface area contributed by atoms with Crippen molar-refractivity contribution in [1.29, 1.82) is 0 Å². The topological polar surface area (TPSA) is 98.3 Å². The first-order valence-electron chi connectivity index (χ1n) is 8.06. The van der Waals surface area contributed by atoms with Crippen LogP contribution in [-0.2, 0) is 14.2 Å². The van der Waals surface area contributed by atoms with Crippen molar-refractivity contribution < 1.29 is 23.8 Å². The third kappa shape index (κ3) is 13.8. The summed E-state index contributed by atoms with van der Waals surface area (Å²) in [5, 5.41) is 5.23. The van der Waals surface area contributed by atoms with Gasteiger partial charge in [-0.15, -0.1) is 4.99 Å². The Kier molecular flexibility index (Phi) is 9.35. The largest absolute Gasteiger partial charge is 0.444 e. The van der Waals surface area contributed by atoms with Crippen LogP contribution >= 0.6 is 0 Å². The minimum absolute atomic E-state index is 0.0430. The maximum atomic E-state index is 11.8. The van der Waals surface area contributed by atoms with Crippen molar-refractivity contribution >= 4 is 18.1 Å². The van der Waals surface area contributed by atoms with E-state index in [0.29, 0.717) is 19.8 Å². The van der Waals surface area contributed by atoms with Crippen molar-refractivity contribution in [3.05, 3.63) is 0 Å². The van der Waals surface area contributed by atoms with E-state index in [0.717, 1.165) is 6.42 Å². The lowest BCUT2D eigenvalue weighted by Gasteiger charge is -2.21. The number of hydrogen-bond acceptors (Lipinski definition) is 5. The maximum Gasteiger partial charge on any atom is 0.437 e. The number of ether oxygens (including phenoxy) is 3. The minimum atomic E-state index is -0.810. The molecule has 0 fully saturated rings. The van der Waals surface area contributed by atoms with Crippen LogP contribution in [0.15, 0.2) is 4.99 Å². The molecule has 0 atom stereocenters. The molecular weight excluding hydrogens is 314 g/mol. The van der Waals surface area contributed by atoms with Crippen molar-refractivity contribution in [2.75, 3.05) is 19.8 Å². The lowest BCUT2D eigenvalue weighted by Crippen LogP contribution is -2.45. The fourth-order valence-corrected chi connectivity index (χ4v) is 1.38. The highest BCUT2D eigenvalue weighted by atomic mass is 16.6. The summed E-state index contributed by atoms with van der Waals surface area (Å²) in [5.41, 5.74) is -1.34. The molecule has 0 heterocycles. The molecule has 2 N–H and O–H groups in total. The molecule has 8 nitrogen and oxygen atoms in total. The summed E-state index contributed by atoms with van der Waals surface area (Å²) in [6.45, 7) is 13.8. The molecule has 8 heteroatoms. The number of amides is 2. The molecule has 0 saturated heterocycles. The quantitative estimate of drug-likeness (QED) is 0.452. The van der Waals surface area contributed by atoms with Gasteiger partial charge in [0.1, 0.15) is 11.2 Å². The summed E-state index contributed by atoms with van der Waals surface area (Å²) < 4.78 is 15.6. The van der Waals surface area contributed by atoms with E-state index in [1.54, 1.807) is 41.5 Å². The van der Waals surface area contributed by atoms with Gasteiger partial charge in [0.05, 0.1) is 6.61 Å². The first-order chi connectivity index (χ1) is 10.9. The van der Waals surface area contributed by atoms with Crippen LogP contribution in [0, 0.1) is 0 Å². The molecule has 0 aromatic heterocycles. The second-order valence-corrected chi connectivity index (χ2v) is 7.11. The third-order valence-electron chi connectivity index (χ3n) is 2.10. The van der Waals surface area contributed by atoms with E-state index in [4.69, 9.17) is 14.2 Å². The highest BCUT2D eigenvalue weighted by Crippen LogP contribution is 2.08. The number of alkyl carbamates (subject to hydrolysis) is 1. The number of nitrogens with one attached hydrogen (secondary N) is 2. The molecule has 0 rings (SSSR count). The Bertz CT molecular complexity index is 436. The molecular formula is C16H31N3O5. The van der Waals surface area contributed by atoms with Crippen molar-refractivity contribution in [2.24, 2.45) is 4.99 Å². The monoisotopic (exact) mass is 345 g/mol. The predicted octanol–water partition coefficient (Wildman–Crippen LogP) is 2.82. The maximum absolute atomic E-state index is 11.8. The second-order valence-electron chi connectivity index (χ2n) is 7.11. The van der Waals surface area contributed by atoms with Crippen LogP contribution in [-0.4, -0.2) is 49.1 Å². The van der Waals surface area contributed by atoms with Crippen molar-refractivity contribution in [2.45, 2.75) is 66.1 Å². The van der Waals surface area contributed by atoms with Crippen LogP contribution < -0.4 is 10.6 Å². The zero-order chi connectivity index (χ0) is 18.8. The molecule has 0 aromatic rings. The number of guanidine groups is 1. The summed E-state index contributed by atoms with van der Waals surface area (Å²) >= 11 is 0. The van der Waals surface area contributed by atoms with E-state index in [2.05, 4.69) is 15.6 Å². The van der Waals surface area contributed by atoms with Crippen molar-refractivity contribution in [3.8, 4) is 0 Å². The number of carbonyl (C=O) groups is 2. The van der Waals surface area contributed by atoms with Gasteiger partial charge in [0.2, 0.25) is 5.96 Å². The summed E-state index contributed by atoms with van der Waals surface area (Å²) in [5.74, 6) is -0.0430. The van der Waals surface area contributed by atoms with Crippen molar-refractivity contribution in [3.63, 3.8) is 0 Å². The van der Waals surface area contributed by atoms with Crippen LogP contribution in [0.5, 0.6) is 0 Å². The first-order valence-corrected chi connectivity index (χ1v) is 8.06. The summed E-state index contributed by atoms with van der Waals surface area (Å²) in [4.78, 5) is 27.4. The number of nitrogens with zero attached hydrogens (tertiary/aromatic N) is 1. The van der Waals surface area contributed by atoms with Gasteiger partial charge in [-0.1, -0.05) is 6.92 Å². The van der Waals surface area contributed by atoms with Crippen LogP contribution in [0.3, 0.4) is 0 Å². The van der Waals surface area contributed by atoms with Gasteiger partial charge in [-0.05, 0) is 48.0 Å². The third-order valence-corrected chi connectivity index (χ3v) is 2.10. The smallest absolute Gasteiger partial charge is 0.437 e. The zero-order valence-corrected chi connectivity index (χ0v) is 15.8. The van der Waals surface area contributed by atoms with Gasteiger partial charge < -0.3 is 19.5 Å². The highest BCUT2D eigenvalue weighted by molar-refractivity contribution is 5.98. The molecule has 0 aliphatic rings. The van der Waals surface area contributed by atoms with Crippen LogP contribution in [0.2, 0.25) is 0 Å². The highest BCUT2D eigenvalue weighted by Gasteiger charge is 2.20. The molecule has 0 unspecified atom stereocenters. The van der Waals surface area contributed by atoms with E-state index < -0.39 is 23.4 Å². The lowest BCUT2D eigenvalue weighted by atomic mass is 10.2. The number of carbonyl (C=O) groups excluding carboxylic acids is 2. The lowest BCUT2D eigenvalue weighted by molar-refractivity contribution is 0.0560. The van der Waals surface area contributed by atoms with Crippen LogP contribution in [0.1, 0.15) is 54.9 Å². The SMILES string of the molecule is CCCOCCN/C(=N/C(=O)OC(C)(C)C)NC(=O)OC(C)(C)C. The average molecular weight is 345 g/mol. The summed E-state index contributed by atoms with van der Waals surface area (Å²) in [6, 6.07) is 0. The predicted molar refractivity (Wildman–Crippen MR) is 92.2 cm³/mol. The van der Waals surface area contributed by atoms with Gasteiger partial charge in [0, 0.05) is 13.2 Å². The minimum Gasteiger partial charge on any atom is -0.444 e. The van der Waals surface area contributed by atoms with Gasteiger partial charge in [-0.3, -0.25) is 5.32 Å². The molecule has 0 bridgehead atoms. The van der Waals surface area contributed by atoms with E-state index in [-0.39, 0.29) is 5.96 Å². The van der Waals surface area contributed by atoms with Gasteiger partial charge >= 0.3 is 12.2 Å². The summed E-state index contributed by atoms with van der Waals surface area (Å²) in [7, 11) is 0. The molecule has 0 aromatic carbocycles. The average Bonchev–Trinajstić information content (AvgIpc) is 2.33. The molecule has 0 aliphatic carbocycles. The number of rotatable bonds is 5. The van der Waals surface area contributed by atoms with E-state index in [1.165, 1.54) is 0 Å². The molecule has 0 radical (unpaired) electrons. The second kappa shape index (κ2) is 10.1. The molecule has 0 aliphatic heterocycles. The van der Waals surface area contributed by atoms with Gasteiger partial charge in [0.15, 0.2) is 0 Å². The summed E-state index contributed by atoms with van der Waals surface area (Å²) in [6.07, 6.45) is -0.614. The molecule has 2 amide bonds. The first kappa shape index (κ1) is 22.2. The Balaban J connectivity index is 4.75. The Morgan fingerprint density at radius 3 is 2.04 bits per heavy atom. The number of hydrogen-bond donors (Lipinski definition) is 2. The Morgan fingerprint density at radius 2 is 1.54 bits per heavy atom. The zero-order valence-electron chi connectivity index (χ0n) is 15.8. The fourth-order valence-electron chi connectivity index (χ4n) is 1.38. The van der Waals surface area contributed by atoms with Crippen LogP contribution in [0.25, 0.3) is 0 Å². The van der Waals surface area contributed by atoms with Crippen molar-refractivity contribution in [1.82, 2.24) is 10.6 Å². The normalized spacial score (nSPS) is 12.5. The molecule has 140 valence electrons. The number of aliphatic imine (C=N–C) groups is 1. The molecule has 0 spiro atoms. The van der Waals surface area contributed by atoms with E-state index in [9.17, 15) is 9.59 Å². The Labute approximate surface area is 144 Å². The molecule has 24 heavy (non-hydrogen) atoms. The standard InChI is InChI=1S/C16H31N3O5/c1-8-10-22-11-9-17-12(18-13(20)23-15(2,3)4)19-14(21)24-16(5,6)7/h8-11H2,1-7H3,(H2,17,18,19,20,21). The Morgan fingerprint density at radius 1 is 0.958 bits per heavy atom. The Hall–Kier alpha value is -1.83. The fraction of sp³-hybridized carbons (Fsp3) is 0.812. The van der Waals surface area contributed by atoms with Gasteiger partial charge in [-0.25, -0.2) is 9.59 Å². The van der Waals surface area contributed by atoms with E-state index in [1.807, 2.05) is 6.92 Å². The van der Waals surface area contributed by atoms with Crippen LogP contribution in [0.4, 0.5) is 9.59 Å². The van der Waals surface area contributed by atoms with E-state index >= 15 is 0 Å².